The average molecular weight is 451 g/mol. The molecule has 1 saturated heterocycles. The lowest BCUT2D eigenvalue weighted by Gasteiger charge is -2.30. The zero-order chi connectivity index (χ0) is 21.9. The molecule has 2 fully saturated rings. The number of hydrogen-bond acceptors (Lipinski definition) is 7. The zero-order valence-corrected chi connectivity index (χ0v) is 16.4. The van der Waals surface area contributed by atoms with Gasteiger partial charge in [-0.1, -0.05) is 5.16 Å². The molecule has 1 saturated carbocycles. The maximum Gasteiger partial charge on any atom is 0.388 e. The van der Waals surface area contributed by atoms with Gasteiger partial charge in [0.2, 0.25) is 5.88 Å². The topological polar surface area (TPSA) is 124 Å². The van der Waals surface area contributed by atoms with Crippen LogP contribution < -0.4 is 9.88 Å². The SMILES string of the molecule is Cc1cnc(OC(F)F)cc1-c1nc([C@@H]2C(F)(F)C23CCN(S(N)(=O)=O)CC3)no1. The van der Waals surface area contributed by atoms with Crippen LogP contribution >= 0.6 is 0 Å². The Hall–Kier alpha value is -2.32. The molecule has 2 N–H and O–H groups in total. The Morgan fingerprint density at radius 3 is 2.60 bits per heavy atom. The van der Waals surface area contributed by atoms with Crippen LogP contribution in [-0.4, -0.2) is 53.5 Å². The van der Waals surface area contributed by atoms with E-state index in [0.29, 0.717) is 5.56 Å². The zero-order valence-electron chi connectivity index (χ0n) is 15.6. The number of nitrogens with zero attached hydrogens (tertiary/aromatic N) is 4. The fraction of sp³-hybridized carbons (Fsp3) is 0.562. The fourth-order valence-electron chi connectivity index (χ4n) is 4.03. The molecule has 0 unspecified atom stereocenters. The molecule has 1 spiro atoms. The van der Waals surface area contributed by atoms with Crippen LogP contribution in [0.3, 0.4) is 0 Å². The van der Waals surface area contributed by atoms with Crippen LogP contribution in [0.15, 0.2) is 16.8 Å². The predicted octanol–water partition coefficient (Wildman–Crippen LogP) is 2.06. The molecule has 0 aromatic carbocycles. The van der Waals surface area contributed by atoms with E-state index >= 15 is 0 Å². The van der Waals surface area contributed by atoms with Gasteiger partial charge in [0.05, 0.1) is 11.3 Å². The van der Waals surface area contributed by atoms with Crippen LogP contribution in [0.2, 0.25) is 0 Å². The molecule has 164 valence electrons. The summed E-state index contributed by atoms with van der Waals surface area (Å²) in [5, 5.41) is 8.73. The first-order chi connectivity index (χ1) is 14.0. The van der Waals surface area contributed by atoms with Gasteiger partial charge in [0.25, 0.3) is 22.0 Å². The lowest BCUT2D eigenvalue weighted by Crippen LogP contribution is -2.43. The van der Waals surface area contributed by atoms with Gasteiger partial charge in [-0.25, -0.2) is 18.9 Å². The number of hydrogen-bond donors (Lipinski definition) is 1. The normalized spacial score (nSPS) is 23.1. The van der Waals surface area contributed by atoms with Crippen molar-refractivity contribution >= 4 is 10.2 Å². The molecule has 14 heteroatoms. The number of ether oxygens (including phenoxy) is 1. The Balaban J connectivity index is 1.58. The van der Waals surface area contributed by atoms with Gasteiger partial charge in [-0.15, -0.1) is 0 Å². The maximum absolute atomic E-state index is 14.7. The van der Waals surface area contributed by atoms with Gasteiger partial charge >= 0.3 is 6.61 Å². The number of aromatic nitrogens is 3. The second-order valence-electron chi connectivity index (χ2n) is 7.33. The van der Waals surface area contributed by atoms with Crippen LogP contribution in [0.25, 0.3) is 11.5 Å². The summed E-state index contributed by atoms with van der Waals surface area (Å²) in [5.74, 6) is -5.23. The summed E-state index contributed by atoms with van der Waals surface area (Å²) < 4.78 is 87.4. The van der Waals surface area contributed by atoms with Crippen molar-refractivity contribution in [1.29, 1.82) is 0 Å². The third-order valence-corrected chi connectivity index (χ3v) is 6.77. The molecule has 1 atom stereocenters. The molecule has 3 heterocycles. The van der Waals surface area contributed by atoms with Crippen molar-refractivity contribution in [3.05, 3.63) is 23.7 Å². The number of nitrogens with two attached hydrogens (primary N) is 1. The summed E-state index contributed by atoms with van der Waals surface area (Å²) in [4.78, 5) is 7.75. The highest BCUT2D eigenvalue weighted by molar-refractivity contribution is 7.86. The molecule has 9 nitrogen and oxygen atoms in total. The minimum Gasteiger partial charge on any atom is -0.417 e. The van der Waals surface area contributed by atoms with Crippen molar-refractivity contribution in [2.24, 2.45) is 10.6 Å². The van der Waals surface area contributed by atoms with Crippen molar-refractivity contribution in [3.63, 3.8) is 0 Å². The molecule has 1 aliphatic carbocycles. The summed E-state index contributed by atoms with van der Waals surface area (Å²) in [6.45, 7) is -1.74. The first-order valence-electron chi connectivity index (χ1n) is 8.87. The van der Waals surface area contributed by atoms with E-state index in [2.05, 4.69) is 19.9 Å². The summed E-state index contributed by atoms with van der Waals surface area (Å²) in [7, 11) is -3.95. The first kappa shape index (κ1) is 20.9. The minimum absolute atomic E-state index is 0.106. The van der Waals surface area contributed by atoms with Gasteiger partial charge in [-0.2, -0.15) is 26.5 Å². The Kier molecular flexibility index (Phi) is 4.78. The standard InChI is InChI=1S/C16H17F4N5O4S/c1-8-7-22-10(28-14(17)18)6-9(8)13-23-12(24-29-13)11-15(16(11,19)20)2-4-25(5-3-15)30(21,26)27/h6-7,11,14H,2-5H2,1H3,(H2,21,26,27)/t11-/m0/s1. The molecule has 0 bridgehead atoms. The summed E-state index contributed by atoms with van der Waals surface area (Å²) in [6.07, 6.45) is 1.05. The van der Waals surface area contributed by atoms with E-state index in [0.717, 1.165) is 10.4 Å². The van der Waals surface area contributed by atoms with Crippen LogP contribution in [0.1, 0.15) is 30.1 Å². The van der Waals surface area contributed by atoms with Crippen LogP contribution in [-0.2, 0) is 10.2 Å². The van der Waals surface area contributed by atoms with Crippen LogP contribution in [0.5, 0.6) is 5.88 Å². The van der Waals surface area contributed by atoms with Crippen LogP contribution in [0, 0.1) is 12.3 Å². The number of piperidine rings is 1. The van der Waals surface area contributed by atoms with Gasteiger partial charge in [0.15, 0.2) is 5.82 Å². The van der Waals surface area contributed by atoms with Gasteiger partial charge in [0.1, 0.15) is 0 Å². The molecular formula is C16H17F4N5O4S. The van der Waals surface area contributed by atoms with Crippen LogP contribution in [0.4, 0.5) is 17.6 Å². The molecule has 30 heavy (non-hydrogen) atoms. The average Bonchev–Trinajstić information content (AvgIpc) is 2.97. The molecule has 0 amide bonds. The van der Waals surface area contributed by atoms with Crippen molar-refractivity contribution in [2.45, 2.75) is 38.2 Å². The van der Waals surface area contributed by atoms with Gasteiger partial charge in [-0.05, 0) is 25.3 Å². The monoisotopic (exact) mass is 451 g/mol. The number of alkyl halides is 4. The molecule has 2 aliphatic rings. The maximum atomic E-state index is 14.7. The molecule has 2 aromatic rings. The third kappa shape index (κ3) is 3.32. The van der Waals surface area contributed by atoms with Crippen molar-refractivity contribution in [3.8, 4) is 17.3 Å². The fourth-order valence-corrected chi connectivity index (χ4v) is 4.72. The minimum atomic E-state index is -3.95. The highest BCUT2D eigenvalue weighted by Crippen LogP contribution is 2.75. The van der Waals surface area contributed by atoms with E-state index in [1.807, 2.05) is 0 Å². The van der Waals surface area contributed by atoms with Gasteiger partial charge in [0, 0.05) is 30.9 Å². The lowest BCUT2D eigenvalue weighted by molar-refractivity contribution is -0.0528. The molecule has 2 aromatic heterocycles. The highest BCUT2D eigenvalue weighted by atomic mass is 32.2. The third-order valence-electron chi connectivity index (χ3n) is 5.69. The first-order valence-corrected chi connectivity index (χ1v) is 10.4. The second-order valence-corrected chi connectivity index (χ2v) is 8.88. The second kappa shape index (κ2) is 6.85. The predicted molar refractivity (Wildman–Crippen MR) is 92.9 cm³/mol. The number of aryl methyl sites for hydroxylation is 1. The largest absolute Gasteiger partial charge is 0.417 e. The molecule has 1 aliphatic heterocycles. The van der Waals surface area contributed by atoms with E-state index < -0.39 is 34.1 Å². The van der Waals surface area contributed by atoms with Crippen molar-refractivity contribution in [2.75, 3.05) is 13.1 Å². The smallest absolute Gasteiger partial charge is 0.388 e. The summed E-state index contributed by atoms with van der Waals surface area (Å²) in [5.41, 5.74) is -0.765. The van der Waals surface area contributed by atoms with Gasteiger partial charge < -0.3 is 9.26 Å². The number of halogens is 4. The Morgan fingerprint density at radius 1 is 1.33 bits per heavy atom. The lowest BCUT2D eigenvalue weighted by atomic mass is 9.91. The van der Waals surface area contributed by atoms with E-state index in [-0.39, 0.29) is 49.1 Å². The van der Waals surface area contributed by atoms with E-state index in [1.165, 1.54) is 6.20 Å². The Morgan fingerprint density at radius 2 is 2.00 bits per heavy atom. The Labute approximate surface area is 168 Å². The Bertz CT molecular complexity index is 1070. The molecular weight excluding hydrogens is 434 g/mol. The van der Waals surface area contributed by atoms with Crippen molar-refractivity contribution in [1.82, 2.24) is 19.4 Å². The summed E-state index contributed by atoms with van der Waals surface area (Å²) >= 11 is 0. The molecule has 0 radical (unpaired) electrons. The number of rotatable bonds is 5. The number of pyridine rings is 1. The van der Waals surface area contributed by atoms with E-state index in [4.69, 9.17) is 9.66 Å². The van der Waals surface area contributed by atoms with E-state index in [1.54, 1.807) is 6.92 Å². The quantitative estimate of drug-likeness (QED) is 0.690. The highest BCUT2D eigenvalue weighted by Gasteiger charge is 2.82. The van der Waals surface area contributed by atoms with Crippen molar-refractivity contribution < 1.29 is 35.2 Å². The van der Waals surface area contributed by atoms with Gasteiger partial charge in [-0.3, -0.25) is 0 Å². The van der Waals surface area contributed by atoms with E-state index in [9.17, 15) is 26.0 Å². The molecule has 4 rings (SSSR count). The summed E-state index contributed by atoms with van der Waals surface area (Å²) in [6, 6.07) is 1.16.